The fourth-order valence-electron chi connectivity index (χ4n) is 2.91. The Morgan fingerprint density at radius 2 is 2.27 bits per heavy atom. The van der Waals surface area contributed by atoms with Gasteiger partial charge in [0.2, 0.25) is 6.41 Å². The zero-order valence-electron chi connectivity index (χ0n) is 12.1. The Morgan fingerprint density at radius 3 is 3.05 bits per heavy atom. The molecule has 1 fully saturated rings. The summed E-state index contributed by atoms with van der Waals surface area (Å²) in [6.07, 6.45) is 1.03. The van der Waals surface area contributed by atoms with Crippen molar-refractivity contribution in [1.29, 1.82) is 0 Å². The van der Waals surface area contributed by atoms with Crippen molar-refractivity contribution in [2.75, 3.05) is 18.1 Å². The number of ether oxygens (including phenoxy) is 2. The molecule has 0 bridgehead atoms. The fraction of sp³-hybridized carbons (Fsp3) is 0.400. The van der Waals surface area contributed by atoms with Gasteiger partial charge in [-0.05, 0) is 47.7 Å². The minimum absolute atomic E-state index is 0.0987. The summed E-state index contributed by atoms with van der Waals surface area (Å²) in [6, 6.07) is 6.20. The van der Waals surface area contributed by atoms with Crippen LogP contribution in [0.2, 0.25) is 0 Å². The summed E-state index contributed by atoms with van der Waals surface area (Å²) in [4.78, 5) is 6.53. The zero-order valence-corrected chi connectivity index (χ0v) is 14.2. The number of hydrogen-bond acceptors (Lipinski definition) is 5. The topological polar surface area (TPSA) is 59.8 Å². The van der Waals surface area contributed by atoms with Gasteiger partial charge in [0.25, 0.3) is 0 Å². The van der Waals surface area contributed by atoms with E-state index in [2.05, 4.69) is 27.2 Å². The third kappa shape index (κ3) is 2.27. The summed E-state index contributed by atoms with van der Waals surface area (Å²) in [5.41, 5.74) is 0.978. The first-order chi connectivity index (χ1) is 10.6. The number of benzene rings is 1. The lowest BCUT2D eigenvalue weighted by atomic mass is 10.2. The largest absolute Gasteiger partial charge is 0.491 e. The minimum atomic E-state index is -0.929. The summed E-state index contributed by atoms with van der Waals surface area (Å²) in [5, 5.41) is 9.99. The number of aliphatic hydroxyl groups excluding tert-OH is 1. The first kappa shape index (κ1) is 14.3. The van der Waals surface area contributed by atoms with Crippen LogP contribution in [0.25, 0.3) is 11.4 Å². The third-order valence-corrected chi connectivity index (χ3v) is 4.67. The first-order valence-corrected chi connectivity index (χ1v) is 8.29. The van der Waals surface area contributed by atoms with Crippen molar-refractivity contribution < 1.29 is 14.6 Å². The molecule has 3 heterocycles. The van der Waals surface area contributed by atoms with Crippen LogP contribution in [0.1, 0.15) is 6.92 Å². The number of nitrogens with zero attached hydrogens (tertiary/aromatic N) is 3. The summed E-state index contributed by atoms with van der Waals surface area (Å²) >= 11 is 2.27. The van der Waals surface area contributed by atoms with Crippen molar-refractivity contribution in [2.45, 2.75) is 25.9 Å². The van der Waals surface area contributed by atoms with Crippen LogP contribution in [0.5, 0.6) is 5.75 Å². The van der Waals surface area contributed by atoms with Gasteiger partial charge in [0, 0.05) is 9.77 Å². The van der Waals surface area contributed by atoms with Crippen LogP contribution in [0.3, 0.4) is 0 Å². The summed E-state index contributed by atoms with van der Waals surface area (Å²) in [6.45, 7) is 3.85. The third-order valence-electron chi connectivity index (χ3n) is 4.00. The van der Waals surface area contributed by atoms with E-state index in [1.807, 2.05) is 31.3 Å². The normalized spacial score (nSPS) is 23.7. The standard InChI is InChI=1S/C15H16IN3O3/c1-9-8-22-15(20)19(9)13-7-18-4-5-21-12-6-10(16)2-3-11(12)14(18)17-13/h2-3,6-7,9,15,20H,4-5,8H2,1H3/t9-,15?/m1/s1. The smallest absolute Gasteiger partial charge is 0.239 e. The van der Waals surface area contributed by atoms with Crippen molar-refractivity contribution in [3.8, 4) is 17.1 Å². The predicted octanol–water partition coefficient (Wildman–Crippen LogP) is 2.05. The van der Waals surface area contributed by atoms with E-state index in [-0.39, 0.29) is 6.04 Å². The number of imidazole rings is 1. The molecule has 1 aromatic carbocycles. The van der Waals surface area contributed by atoms with Crippen molar-refractivity contribution in [1.82, 2.24) is 9.55 Å². The van der Waals surface area contributed by atoms with E-state index in [1.54, 1.807) is 4.90 Å². The molecule has 2 aliphatic heterocycles. The molecule has 0 spiro atoms. The van der Waals surface area contributed by atoms with Gasteiger partial charge < -0.3 is 24.0 Å². The number of rotatable bonds is 1. The fourth-order valence-corrected chi connectivity index (χ4v) is 3.37. The van der Waals surface area contributed by atoms with E-state index in [4.69, 9.17) is 14.5 Å². The molecule has 7 heteroatoms. The second kappa shape index (κ2) is 5.39. The Bertz CT molecular complexity index is 708. The molecule has 4 rings (SSSR count). The van der Waals surface area contributed by atoms with Crippen molar-refractivity contribution in [3.05, 3.63) is 28.0 Å². The van der Waals surface area contributed by atoms with Gasteiger partial charge in [-0.25, -0.2) is 4.98 Å². The Balaban J connectivity index is 1.80. The van der Waals surface area contributed by atoms with E-state index in [9.17, 15) is 5.11 Å². The zero-order chi connectivity index (χ0) is 15.3. The molecule has 1 N–H and O–H groups in total. The van der Waals surface area contributed by atoms with Crippen molar-refractivity contribution in [2.24, 2.45) is 0 Å². The Hall–Kier alpha value is -1.32. The summed E-state index contributed by atoms with van der Waals surface area (Å²) in [7, 11) is 0. The Morgan fingerprint density at radius 1 is 1.41 bits per heavy atom. The highest BCUT2D eigenvalue weighted by molar-refractivity contribution is 14.1. The van der Waals surface area contributed by atoms with Crippen LogP contribution in [-0.2, 0) is 11.3 Å². The predicted molar refractivity (Wildman–Crippen MR) is 89.8 cm³/mol. The van der Waals surface area contributed by atoms with Crippen LogP contribution >= 0.6 is 22.6 Å². The molecule has 6 nitrogen and oxygen atoms in total. The van der Waals surface area contributed by atoms with Gasteiger partial charge in [-0.2, -0.15) is 0 Å². The highest BCUT2D eigenvalue weighted by Crippen LogP contribution is 2.35. The van der Waals surface area contributed by atoms with Crippen LogP contribution in [0.4, 0.5) is 5.82 Å². The first-order valence-electron chi connectivity index (χ1n) is 7.21. The number of aliphatic hydroxyl groups is 1. The highest BCUT2D eigenvalue weighted by Gasteiger charge is 2.33. The van der Waals surface area contributed by atoms with Crippen LogP contribution in [0, 0.1) is 3.57 Å². The quantitative estimate of drug-likeness (QED) is 0.726. The molecule has 2 atom stereocenters. The van der Waals surface area contributed by atoms with Gasteiger partial charge in [0.15, 0.2) is 5.82 Å². The molecule has 1 saturated heterocycles. The average Bonchev–Trinajstić information content (AvgIpc) is 2.98. The molecule has 1 aromatic heterocycles. The van der Waals surface area contributed by atoms with E-state index in [0.717, 1.165) is 33.1 Å². The molecule has 0 radical (unpaired) electrons. The number of hydrogen-bond donors (Lipinski definition) is 1. The summed E-state index contributed by atoms with van der Waals surface area (Å²) in [5.74, 6) is 2.46. The second-order valence-electron chi connectivity index (χ2n) is 5.52. The minimum Gasteiger partial charge on any atom is -0.491 e. The molecule has 0 aliphatic carbocycles. The second-order valence-corrected chi connectivity index (χ2v) is 6.77. The van der Waals surface area contributed by atoms with Crippen LogP contribution in [0.15, 0.2) is 24.4 Å². The molecule has 2 aromatic rings. The van der Waals surface area contributed by atoms with Gasteiger partial charge in [0.1, 0.15) is 18.2 Å². The summed E-state index contributed by atoms with van der Waals surface area (Å²) < 4.78 is 14.3. The lowest BCUT2D eigenvalue weighted by Crippen LogP contribution is -2.35. The molecule has 2 aliphatic rings. The molecule has 116 valence electrons. The molecule has 0 amide bonds. The Kier molecular flexibility index (Phi) is 3.50. The van der Waals surface area contributed by atoms with Crippen molar-refractivity contribution >= 4 is 28.4 Å². The maximum atomic E-state index is 9.99. The van der Waals surface area contributed by atoms with E-state index in [0.29, 0.717) is 13.2 Å². The molecular weight excluding hydrogens is 397 g/mol. The van der Waals surface area contributed by atoms with Crippen LogP contribution in [-0.4, -0.2) is 40.3 Å². The lowest BCUT2D eigenvalue weighted by molar-refractivity contribution is -0.0577. The van der Waals surface area contributed by atoms with E-state index in [1.165, 1.54) is 0 Å². The lowest BCUT2D eigenvalue weighted by Gasteiger charge is -2.21. The van der Waals surface area contributed by atoms with Gasteiger partial charge in [-0.15, -0.1) is 0 Å². The van der Waals surface area contributed by atoms with Crippen molar-refractivity contribution in [3.63, 3.8) is 0 Å². The molecule has 1 unspecified atom stereocenters. The average molecular weight is 413 g/mol. The molecule has 0 saturated carbocycles. The Labute approximate surface area is 141 Å². The maximum Gasteiger partial charge on any atom is 0.239 e. The number of anilines is 1. The number of fused-ring (bicyclic) bond motifs is 3. The molecular formula is C15H16IN3O3. The van der Waals surface area contributed by atoms with Gasteiger partial charge in [-0.3, -0.25) is 0 Å². The van der Waals surface area contributed by atoms with E-state index >= 15 is 0 Å². The highest BCUT2D eigenvalue weighted by atomic mass is 127. The van der Waals surface area contributed by atoms with E-state index < -0.39 is 6.41 Å². The van der Waals surface area contributed by atoms with Gasteiger partial charge in [-0.1, -0.05) is 0 Å². The monoisotopic (exact) mass is 413 g/mol. The SMILES string of the molecule is C[C@@H]1COC(O)N1c1cn2c(n1)-c1ccc(I)cc1OCC2. The van der Waals surface area contributed by atoms with Gasteiger partial charge in [0.05, 0.1) is 24.8 Å². The van der Waals surface area contributed by atoms with Gasteiger partial charge >= 0.3 is 0 Å². The number of halogens is 1. The molecule has 22 heavy (non-hydrogen) atoms. The van der Waals surface area contributed by atoms with Crippen LogP contribution < -0.4 is 9.64 Å². The number of aromatic nitrogens is 2. The maximum absolute atomic E-state index is 9.99.